The molecule has 98 valence electrons. The van der Waals surface area contributed by atoms with Crippen molar-refractivity contribution in [3.8, 4) is 0 Å². The van der Waals surface area contributed by atoms with E-state index >= 15 is 0 Å². The maximum Gasteiger partial charge on any atom is 0.244 e. The first kappa shape index (κ1) is 13.1. The van der Waals surface area contributed by atoms with E-state index in [1.165, 1.54) is 0 Å². The Balaban J connectivity index is 1.94. The number of hydrogen-bond donors (Lipinski definition) is 1. The van der Waals surface area contributed by atoms with E-state index in [4.69, 9.17) is 4.42 Å². The van der Waals surface area contributed by atoms with Crippen LogP contribution in [0.4, 0.5) is 0 Å². The van der Waals surface area contributed by atoms with Crippen molar-refractivity contribution in [2.75, 3.05) is 0 Å². The third kappa shape index (κ3) is 3.81. The molecule has 1 N–H and O–H groups in total. The number of nitrogens with zero attached hydrogens (tertiary/aromatic N) is 1. The smallest absolute Gasteiger partial charge is 0.244 e. The number of allylic oxidation sites excluding steroid dienone is 1. The third-order valence-electron chi connectivity index (χ3n) is 2.66. The van der Waals surface area contributed by atoms with Gasteiger partial charge in [0.25, 0.3) is 0 Å². The fourth-order valence-electron chi connectivity index (χ4n) is 1.68. The molecular formula is C15H16N2O2. The molecule has 1 aromatic heterocycles. The van der Waals surface area contributed by atoms with E-state index in [1.807, 2.05) is 44.2 Å². The van der Waals surface area contributed by atoms with Gasteiger partial charge in [0.05, 0.1) is 12.7 Å². The summed E-state index contributed by atoms with van der Waals surface area (Å²) in [5.41, 5.74) is 1.95. The zero-order valence-corrected chi connectivity index (χ0v) is 11.0. The lowest BCUT2D eigenvalue weighted by Gasteiger charge is -2.02. The van der Waals surface area contributed by atoms with Gasteiger partial charge in [-0.05, 0) is 25.0 Å². The van der Waals surface area contributed by atoms with Crippen LogP contribution in [0.2, 0.25) is 0 Å². The van der Waals surface area contributed by atoms with Gasteiger partial charge in [-0.2, -0.15) is 0 Å². The van der Waals surface area contributed by atoms with E-state index in [9.17, 15) is 4.79 Å². The number of hydrogen-bond acceptors (Lipinski definition) is 3. The SMILES string of the molecule is C/C(=C\C(=O)NCc1ncc(C)o1)c1ccccc1. The van der Waals surface area contributed by atoms with Crippen molar-refractivity contribution in [3.05, 3.63) is 59.8 Å². The van der Waals surface area contributed by atoms with Gasteiger partial charge in [-0.15, -0.1) is 0 Å². The Hall–Kier alpha value is -2.36. The minimum Gasteiger partial charge on any atom is -0.444 e. The summed E-state index contributed by atoms with van der Waals surface area (Å²) in [5.74, 6) is 1.09. The first-order chi connectivity index (χ1) is 9.15. The Bertz CT molecular complexity index is 585. The van der Waals surface area contributed by atoms with Gasteiger partial charge in [-0.1, -0.05) is 30.3 Å². The largest absolute Gasteiger partial charge is 0.444 e. The van der Waals surface area contributed by atoms with Crippen LogP contribution in [0.15, 0.2) is 47.0 Å². The number of carbonyl (C=O) groups excluding carboxylic acids is 1. The highest BCUT2D eigenvalue weighted by atomic mass is 16.4. The zero-order valence-electron chi connectivity index (χ0n) is 11.0. The van der Waals surface area contributed by atoms with Crippen LogP contribution < -0.4 is 5.32 Å². The molecule has 2 rings (SSSR count). The summed E-state index contributed by atoms with van der Waals surface area (Å²) in [6.07, 6.45) is 3.21. The molecule has 0 aliphatic heterocycles. The van der Waals surface area contributed by atoms with E-state index < -0.39 is 0 Å². The molecule has 0 saturated carbocycles. The summed E-state index contributed by atoms with van der Waals surface area (Å²) in [4.78, 5) is 15.8. The Kier molecular flexibility index (Phi) is 4.13. The van der Waals surface area contributed by atoms with E-state index in [2.05, 4.69) is 10.3 Å². The molecule has 4 heteroatoms. The lowest BCUT2D eigenvalue weighted by molar-refractivity contribution is -0.116. The number of aromatic nitrogens is 1. The lowest BCUT2D eigenvalue weighted by atomic mass is 10.1. The van der Waals surface area contributed by atoms with Crippen LogP contribution in [0, 0.1) is 6.92 Å². The Labute approximate surface area is 112 Å². The molecule has 0 atom stereocenters. The topological polar surface area (TPSA) is 55.1 Å². The van der Waals surface area contributed by atoms with Crippen LogP contribution in [0.1, 0.15) is 24.1 Å². The molecule has 0 unspecified atom stereocenters. The summed E-state index contributed by atoms with van der Waals surface area (Å²) in [6, 6.07) is 9.77. The Morgan fingerprint density at radius 3 is 2.74 bits per heavy atom. The van der Waals surface area contributed by atoms with Crippen LogP contribution in [0.25, 0.3) is 5.57 Å². The second kappa shape index (κ2) is 6.00. The van der Waals surface area contributed by atoms with Crippen molar-refractivity contribution in [2.24, 2.45) is 0 Å². The minimum absolute atomic E-state index is 0.155. The molecule has 0 aliphatic rings. The molecule has 0 aliphatic carbocycles. The van der Waals surface area contributed by atoms with Crippen LogP contribution in [-0.2, 0) is 11.3 Å². The molecule has 2 aromatic rings. The van der Waals surface area contributed by atoms with Gasteiger partial charge in [0.2, 0.25) is 11.8 Å². The molecule has 0 fully saturated rings. The van der Waals surface area contributed by atoms with E-state index in [0.29, 0.717) is 12.4 Å². The van der Waals surface area contributed by atoms with Crippen LogP contribution in [0.5, 0.6) is 0 Å². The molecule has 1 amide bonds. The van der Waals surface area contributed by atoms with Crippen molar-refractivity contribution in [3.63, 3.8) is 0 Å². The maximum absolute atomic E-state index is 11.7. The normalized spacial score (nSPS) is 11.4. The molecule has 0 radical (unpaired) electrons. The monoisotopic (exact) mass is 256 g/mol. The fraction of sp³-hybridized carbons (Fsp3) is 0.200. The number of amides is 1. The Morgan fingerprint density at radius 1 is 1.37 bits per heavy atom. The number of rotatable bonds is 4. The number of aryl methyl sites for hydroxylation is 1. The highest BCUT2D eigenvalue weighted by Gasteiger charge is 2.03. The highest BCUT2D eigenvalue weighted by molar-refractivity contribution is 5.94. The van der Waals surface area contributed by atoms with Crippen LogP contribution in [-0.4, -0.2) is 10.9 Å². The second-order valence-corrected chi connectivity index (χ2v) is 4.28. The van der Waals surface area contributed by atoms with Crippen molar-refractivity contribution >= 4 is 11.5 Å². The molecule has 4 nitrogen and oxygen atoms in total. The Morgan fingerprint density at radius 2 is 2.11 bits per heavy atom. The van der Waals surface area contributed by atoms with Crippen molar-refractivity contribution in [1.29, 1.82) is 0 Å². The third-order valence-corrected chi connectivity index (χ3v) is 2.66. The summed E-state index contributed by atoms with van der Waals surface area (Å²) in [5, 5.41) is 2.74. The van der Waals surface area contributed by atoms with Gasteiger partial charge >= 0.3 is 0 Å². The van der Waals surface area contributed by atoms with Crippen LogP contribution in [0.3, 0.4) is 0 Å². The van der Waals surface area contributed by atoms with Gasteiger partial charge in [-0.25, -0.2) is 4.98 Å². The maximum atomic E-state index is 11.7. The molecule has 0 bridgehead atoms. The van der Waals surface area contributed by atoms with Crippen molar-refractivity contribution in [2.45, 2.75) is 20.4 Å². The first-order valence-corrected chi connectivity index (χ1v) is 6.08. The zero-order chi connectivity index (χ0) is 13.7. The summed E-state index contributed by atoms with van der Waals surface area (Å²) >= 11 is 0. The van der Waals surface area contributed by atoms with Crippen molar-refractivity contribution < 1.29 is 9.21 Å². The average Bonchev–Trinajstić information content (AvgIpc) is 2.83. The van der Waals surface area contributed by atoms with Gasteiger partial charge < -0.3 is 9.73 Å². The van der Waals surface area contributed by atoms with E-state index in [0.717, 1.165) is 16.9 Å². The summed E-state index contributed by atoms with van der Waals surface area (Å²) < 4.78 is 5.28. The molecule has 1 heterocycles. The number of nitrogens with one attached hydrogen (secondary N) is 1. The lowest BCUT2D eigenvalue weighted by Crippen LogP contribution is -2.20. The number of carbonyl (C=O) groups is 1. The minimum atomic E-state index is -0.155. The molecule has 19 heavy (non-hydrogen) atoms. The second-order valence-electron chi connectivity index (χ2n) is 4.28. The number of benzene rings is 1. The fourth-order valence-corrected chi connectivity index (χ4v) is 1.68. The first-order valence-electron chi connectivity index (χ1n) is 6.08. The van der Waals surface area contributed by atoms with E-state index in [-0.39, 0.29) is 5.91 Å². The molecule has 1 aromatic carbocycles. The summed E-state index contributed by atoms with van der Waals surface area (Å²) in [6.45, 7) is 4.02. The molecule has 0 spiro atoms. The summed E-state index contributed by atoms with van der Waals surface area (Å²) in [7, 11) is 0. The predicted molar refractivity (Wildman–Crippen MR) is 73.2 cm³/mol. The molecular weight excluding hydrogens is 240 g/mol. The molecule has 0 saturated heterocycles. The average molecular weight is 256 g/mol. The standard InChI is InChI=1S/C15H16N2O2/c1-11(13-6-4-3-5-7-13)8-14(18)16-10-15-17-9-12(2)19-15/h3-9H,10H2,1-2H3,(H,16,18)/b11-8+. The number of oxazole rings is 1. The van der Waals surface area contributed by atoms with Gasteiger partial charge in [-0.3, -0.25) is 4.79 Å². The van der Waals surface area contributed by atoms with Crippen LogP contribution >= 0.6 is 0 Å². The van der Waals surface area contributed by atoms with Gasteiger partial charge in [0.1, 0.15) is 5.76 Å². The van der Waals surface area contributed by atoms with Gasteiger partial charge in [0, 0.05) is 6.08 Å². The van der Waals surface area contributed by atoms with Crippen molar-refractivity contribution in [1.82, 2.24) is 10.3 Å². The highest BCUT2D eigenvalue weighted by Crippen LogP contribution is 2.12. The van der Waals surface area contributed by atoms with Gasteiger partial charge in [0.15, 0.2) is 0 Å². The predicted octanol–water partition coefficient (Wildman–Crippen LogP) is 2.70. The quantitative estimate of drug-likeness (QED) is 0.856. The van der Waals surface area contributed by atoms with E-state index in [1.54, 1.807) is 12.3 Å².